The van der Waals surface area contributed by atoms with E-state index in [4.69, 9.17) is 0 Å². The van der Waals surface area contributed by atoms with Crippen molar-refractivity contribution < 1.29 is 8.78 Å². The number of alkyl halides is 2. The molecule has 2 rings (SSSR count). The van der Waals surface area contributed by atoms with E-state index in [0.29, 0.717) is 29.5 Å². The first kappa shape index (κ1) is 16.6. The van der Waals surface area contributed by atoms with Crippen molar-refractivity contribution in [2.75, 3.05) is 0 Å². The van der Waals surface area contributed by atoms with Crippen LogP contribution in [0.3, 0.4) is 0 Å². The monoisotopic (exact) mass is 305 g/mol. The Morgan fingerprint density at radius 2 is 2.00 bits per heavy atom. The summed E-state index contributed by atoms with van der Waals surface area (Å²) in [6.45, 7) is 2.42. The van der Waals surface area contributed by atoms with Gasteiger partial charge in [0.05, 0.1) is 11.9 Å². The molecule has 112 valence electrons. The summed E-state index contributed by atoms with van der Waals surface area (Å²) in [6.07, 6.45) is 5.10. The molecule has 0 radical (unpaired) electrons. The first-order valence-electron chi connectivity index (χ1n) is 6.12. The van der Waals surface area contributed by atoms with Gasteiger partial charge in [0.15, 0.2) is 0 Å². The van der Waals surface area contributed by atoms with Crippen LogP contribution in [0.15, 0.2) is 24.7 Å². The van der Waals surface area contributed by atoms with Crippen molar-refractivity contribution in [2.45, 2.75) is 39.5 Å². The first-order chi connectivity index (χ1) is 9.08. The summed E-state index contributed by atoms with van der Waals surface area (Å²) in [7, 11) is 0. The number of halogens is 3. The fourth-order valence-electron chi connectivity index (χ4n) is 1.74. The minimum atomic E-state index is -2.60. The fourth-order valence-corrected chi connectivity index (χ4v) is 1.74. The Kier molecular flexibility index (Phi) is 6.09. The molecule has 8 heteroatoms. The van der Waals surface area contributed by atoms with Gasteiger partial charge >= 0.3 is 6.55 Å². The van der Waals surface area contributed by atoms with Crippen LogP contribution in [-0.2, 0) is 13.1 Å². The summed E-state index contributed by atoms with van der Waals surface area (Å²) < 4.78 is 27.7. The fraction of sp³-hybridized carbons (Fsp3) is 0.500. The first-order valence-corrected chi connectivity index (χ1v) is 6.12. The van der Waals surface area contributed by atoms with E-state index in [0.717, 1.165) is 5.56 Å². The third-order valence-electron chi connectivity index (χ3n) is 2.76. The maximum absolute atomic E-state index is 12.6. The molecule has 2 aromatic rings. The summed E-state index contributed by atoms with van der Waals surface area (Å²) in [5.41, 5.74) is 1.49. The van der Waals surface area contributed by atoms with E-state index >= 15 is 0 Å². The highest BCUT2D eigenvalue weighted by Crippen LogP contribution is 2.12. The summed E-state index contributed by atoms with van der Waals surface area (Å²) in [5.74, 6) is 0. The molecule has 0 spiro atoms. The van der Waals surface area contributed by atoms with Crippen molar-refractivity contribution in [1.82, 2.24) is 24.9 Å². The normalized spacial score (nSPS) is 11.1. The van der Waals surface area contributed by atoms with Gasteiger partial charge in [-0.3, -0.25) is 4.68 Å². The van der Waals surface area contributed by atoms with Gasteiger partial charge in [-0.1, -0.05) is 0 Å². The third kappa shape index (κ3) is 4.01. The Labute approximate surface area is 122 Å². The molecule has 2 heterocycles. The molecule has 0 aliphatic rings. The van der Waals surface area contributed by atoms with Crippen molar-refractivity contribution in [2.24, 2.45) is 0 Å². The maximum atomic E-state index is 12.6. The average Bonchev–Trinajstić information content (AvgIpc) is 2.97. The topological polar surface area (TPSA) is 47.7 Å². The summed E-state index contributed by atoms with van der Waals surface area (Å²) in [5, 5.41) is 10.9. The number of rotatable bonds is 6. The van der Waals surface area contributed by atoms with Gasteiger partial charge in [0.25, 0.3) is 0 Å². The maximum Gasteiger partial charge on any atom is 0.333 e. The van der Waals surface area contributed by atoms with Crippen LogP contribution in [-0.4, -0.2) is 19.6 Å². The molecule has 0 aliphatic carbocycles. The quantitative estimate of drug-likeness (QED) is 0.892. The van der Waals surface area contributed by atoms with Gasteiger partial charge in [0, 0.05) is 37.1 Å². The van der Waals surface area contributed by atoms with Gasteiger partial charge in [0.1, 0.15) is 0 Å². The lowest BCUT2D eigenvalue weighted by molar-refractivity contribution is 0.0531. The van der Waals surface area contributed by atoms with Crippen LogP contribution in [0.4, 0.5) is 8.78 Å². The lowest BCUT2D eigenvalue weighted by Crippen LogP contribution is -2.16. The highest BCUT2D eigenvalue weighted by molar-refractivity contribution is 5.85. The number of nitrogens with one attached hydrogen (secondary N) is 1. The molecule has 0 aliphatic heterocycles. The standard InChI is InChI=1S/C12H17F2N5.ClH/c1-9(2)18-8-10(6-17-18)5-15-7-11-3-4-16-19(11)12(13)14;/h3-4,6,8-9,12,15H,5,7H2,1-2H3;1H. The van der Waals surface area contributed by atoms with Crippen LogP contribution in [0.5, 0.6) is 0 Å². The van der Waals surface area contributed by atoms with Gasteiger partial charge < -0.3 is 5.32 Å². The molecule has 0 saturated heterocycles. The minimum absolute atomic E-state index is 0. The predicted molar refractivity (Wildman–Crippen MR) is 73.9 cm³/mol. The highest BCUT2D eigenvalue weighted by Gasteiger charge is 2.11. The Morgan fingerprint density at radius 3 is 2.60 bits per heavy atom. The second-order valence-corrected chi connectivity index (χ2v) is 4.57. The van der Waals surface area contributed by atoms with Gasteiger partial charge in [0.2, 0.25) is 0 Å². The van der Waals surface area contributed by atoms with Gasteiger partial charge in [-0.05, 0) is 19.9 Å². The van der Waals surface area contributed by atoms with Gasteiger partial charge in [-0.25, -0.2) is 4.68 Å². The molecule has 2 aromatic heterocycles. The lowest BCUT2D eigenvalue weighted by Gasteiger charge is -2.07. The molecule has 0 amide bonds. The smallest absolute Gasteiger partial charge is 0.307 e. The molecule has 0 bridgehead atoms. The van der Waals surface area contributed by atoms with Gasteiger partial charge in [-0.2, -0.15) is 19.0 Å². The zero-order valence-corrected chi connectivity index (χ0v) is 12.1. The molecule has 20 heavy (non-hydrogen) atoms. The highest BCUT2D eigenvalue weighted by atomic mass is 35.5. The van der Waals surface area contributed by atoms with E-state index in [2.05, 4.69) is 15.5 Å². The Morgan fingerprint density at radius 1 is 1.25 bits per heavy atom. The third-order valence-corrected chi connectivity index (χ3v) is 2.76. The molecule has 0 fully saturated rings. The molecule has 0 aromatic carbocycles. The van der Waals surface area contributed by atoms with Crippen LogP contribution in [0.1, 0.15) is 37.7 Å². The zero-order valence-electron chi connectivity index (χ0n) is 11.3. The Hall–Kier alpha value is -1.47. The van der Waals surface area contributed by atoms with Crippen molar-refractivity contribution >= 4 is 12.4 Å². The summed E-state index contributed by atoms with van der Waals surface area (Å²) in [6, 6.07) is 1.89. The van der Waals surface area contributed by atoms with E-state index in [-0.39, 0.29) is 12.4 Å². The minimum Gasteiger partial charge on any atom is -0.307 e. The average molecular weight is 306 g/mol. The molecule has 5 nitrogen and oxygen atoms in total. The van der Waals surface area contributed by atoms with Crippen LogP contribution in [0.2, 0.25) is 0 Å². The molecule has 0 atom stereocenters. The van der Waals surface area contributed by atoms with E-state index in [9.17, 15) is 8.78 Å². The predicted octanol–water partition coefficient (Wildman–Crippen LogP) is 2.77. The summed E-state index contributed by atoms with van der Waals surface area (Å²) >= 11 is 0. The summed E-state index contributed by atoms with van der Waals surface area (Å²) in [4.78, 5) is 0. The lowest BCUT2D eigenvalue weighted by atomic mass is 10.3. The Bertz CT molecular complexity index is 523. The molecule has 0 saturated carbocycles. The van der Waals surface area contributed by atoms with Crippen LogP contribution >= 0.6 is 12.4 Å². The largest absolute Gasteiger partial charge is 0.333 e. The second kappa shape index (κ2) is 7.35. The number of nitrogens with zero attached hydrogens (tertiary/aromatic N) is 4. The number of hydrogen-bond donors (Lipinski definition) is 1. The van der Waals surface area contributed by atoms with Crippen LogP contribution < -0.4 is 5.32 Å². The Balaban J connectivity index is 0.00000200. The molecular formula is C12H18ClF2N5. The van der Waals surface area contributed by atoms with E-state index in [1.54, 1.807) is 12.3 Å². The van der Waals surface area contributed by atoms with Crippen molar-refractivity contribution in [3.8, 4) is 0 Å². The van der Waals surface area contributed by atoms with Crippen LogP contribution in [0.25, 0.3) is 0 Å². The van der Waals surface area contributed by atoms with Crippen molar-refractivity contribution in [1.29, 1.82) is 0 Å². The zero-order chi connectivity index (χ0) is 13.8. The number of aromatic nitrogens is 4. The van der Waals surface area contributed by atoms with Crippen molar-refractivity contribution in [3.63, 3.8) is 0 Å². The van der Waals surface area contributed by atoms with Crippen LogP contribution in [0, 0.1) is 0 Å². The van der Waals surface area contributed by atoms with E-state index in [1.807, 2.05) is 24.7 Å². The van der Waals surface area contributed by atoms with E-state index < -0.39 is 6.55 Å². The van der Waals surface area contributed by atoms with E-state index in [1.165, 1.54) is 6.20 Å². The second-order valence-electron chi connectivity index (χ2n) is 4.57. The molecule has 0 unspecified atom stereocenters. The van der Waals surface area contributed by atoms with Gasteiger partial charge in [-0.15, -0.1) is 12.4 Å². The van der Waals surface area contributed by atoms with Crippen molar-refractivity contribution in [3.05, 3.63) is 35.9 Å². The number of hydrogen-bond acceptors (Lipinski definition) is 3. The SMILES string of the molecule is CC(C)n1cc(CNCc2ccnn2C(F)F)cn1.Cl. The molecular weight excluding hydrogens is 288 g/mol. The molecule has 1 N–H and O–H groups in total.